The summed E-state index contributed by atoms with van der Waals surface area (Å²) in [4.78, 5) is 18.2. The minimum atomic E-state index is 0.165. The van der Waals surface area contributed by atoms with E-state index in [1.165, 1.54) is 0 Å². The molecule has 0 aliphatic carbocycles. The van der Waals surface area contributed by atoms with Gasteiger partial charge in [0.05, 0.1) is 17.6 Å². The molecule has 0 radical (unpaired) electrons. The molecule has 1 unspecified atom stereocenters. The van der Waals surface area contributed by atoms with Crippen LogP contribution in [-0.2, 0) is 4.79 Å². The molecule has 0 spiro atoms. The molecule has 4 heteroatoms. The van der Waals surface area contributed by atoms with E-state index in [9.17, 15) is 4.79 Å². The number of anilines is 1. The smallest absolute Gasteiger partial charge is 0.227 e. The van der Waals surface area contributed by atoms with Crippen LogP contribution in [0.15, 0.2) is 48.7 Å². The standard InChI is InChI=1S/C16H16N2OS/c19-16-8-12(11-20)10-18(16)14-6-7-15(17-9-14)13-4-2-1-3-5-13/h1-7,9,12,20H,8,10-11H2. The Morgan fingerprint density at radius 2 is 2.00 bits per heavy atom. The first-order valence-corrected chi connectivity index (χ1v) is 7.34. The summed E-state index contributed by atoms with van der Waals surface area (Å²) in [6, 6.07) is 14.0. The van der Waals surface area contributed by atoms with Crippen molar-refractivity contribution in [3.05, 3.63) is 48.7 Å². The van der Waals surface area contributed by atoms with Crippen molar-refractivity contribution in [1.82, 2.24) is 4.98 Å². The maximum atomic E-state index is 12.0. The van der Waals surface area contributed by atoms with Crippen LogP contribution in [0.4, 0.5) is 5.69 Å². The van der Waals surface area contributed by atoms with Gasteiger partial charge in [-0.25, -0.2) is 0 Å². The highest BCUT2D eigenvalue weighted by molar-refractivity contribution is 7.80. The first-order valence-electron chi connectivity index (χ1n) is 6.70. The molecular formula is C16H16N2OS. The van der Waals surface area contributed by atoms with Gasteiger partial charge in [-0.3, -0.25) is 9.78 Å². The SMILES string of the molecule is O=C1CC(CS)CN1c1ccc(-c2ccccc2)nc1. The van der Waals surface area contributed by atoms with Crippen LogP contribution in [0.25, 0.3) is 11.3 Å². The molecule has 1 fully saturated rings. The summed E-state index contributed by atoms with van der Waals surface area (Å²) in [6.07, 6.45) is 2.37. The Kier molecular flexibility index (Phi) is 3.74. The number of rotatable bonds is 3. The van der Waals surface area contributed by atoms with E-state index in [0.717, 1.165) is 29.2 Å². The molecule has 1 saturated heterocycles. The predicted octanol–water partition coefficient (Wildman–Crippen LogP) is 3.03. The van der Waals surface area contributed by atoms with Gasteiger partial charge in [-0.2, -0.15) is 12.6 Å². The first kappa shape index (κ1) is 13.2. The van der Waals surface area contributed by atoms with Crippen molar-refractivity contribution in [2.45, 2.75) is 6.42 Å². The summed E-state index contributed by atoms with van der Waals surface area (Å²) in [7, 11) is 0. The quantitative estimate of drug-likeness (QED) is 0.879. The Morgan fingerprint density at radius 3 is 2.60 bits per heavy atom. The Labute approximate surface area is 124 Å². The van der Waals surface area contributed by atoms with Crippen LogP contribution in [0, 0.1) is 5.92 Å². The average molecular weight is 284 g/mol. The van der Waals surface area contributed by atoms with Gasteiger partial charge in [0.25, 0.3) is 0 Å². The molecule has 0 saturated carbocycles. The Balaban J connectivity index is 1.82. The molecule has 3 nitrogen and oxygen atoms in total. The van der Waals surface area contributed by atoms with E-state index in [2.05, 4.69) is 17.6 Å². The fourth-order valence-corrected chi connectivity index (χ4v) is 2.72. The number of pyridine rings is 1. The van der Waals surface area contributed by atoms with Gasteiger partial charge >= 0.3 is 0 Å². The summed E-state index contributed by atoms with van der Waals surface area (Å²) in [5.41, 5.74) is 2.88. The molecule has 102 valence electrons. The van der Waals surface area contributed by atoms with Crippen LogP contribution in [-0.4, -0.2) is 23.2 Å². The van der Waals surface area contributed by atoms with Gasteiger partial charge in [-0.15, -0.1) is 0 Å². The lowest BCUT2D eigenvalue weighted by Crippen LogP contribution is -2.24. The van der Waals surface area contributed by atoms with Crippen molar-refractivity contribution in [2.75, 3.05) is 17.2 Å². The van der Waals surface area contributed by atoms with Gasteiger partial charge in [-0.05, 0) is 23.8 Å². The summed E-state index contributed by atoms with van der Waals surface area (Å²) >= 11 is 4.28. The molecule has 3 rings (SSSR count). The normalized spacial score (nSPS) is 18.6. The number of nitrogens with zero attached hydrogens (tertiary/aromatic N) is 2. The molecule has 1 aromatic heterocycles. The lowest BCUT2D eigenvalue weighted by molar-refractivity contribution is -0.117. The van der Waals surface area contributed by atoms with Gasteiger partial charge in [0.1, 0.15) is 0 Å². The second-order valence-electron chi connectivity index (χ2n) is 5.02. The molecule has 1 amide bonds. The molecule has 0 N–H and O–H groups in total. The van der Waals surface area contributed by atoms with Gasteiger partial charge < -0.3 is 4.90 Å². The van der Waals surface area contributed by atoms with Crippen LogP contribution >= 0.6 is 12.6 Å². The molecule has 1 aliphatic heterocycles. The molecule has 1 aliphatic rings. The zero-order valence-corrected chi connectivity index (χ0v) is 12.0. The van der Waals surface area contributed by atoms with E-state index in [-0.39, 0.29) is 5.91 Å². The number of amides is 1. The number of benzene rings is 1. The minimum absolute atomic E-state index is 0.165. The average Bonchev–Trinajstić information content (AvgIpc) is 2.89. The monoisotopic (exact) mass is 284 g/mol. The zero-order chi connectivity index (χ0) is 13.9. The highest BCUT2D eigenvalue weighted by atomic mass is 32.1. The van der Waals surface area contributed by atoms with Crippen LogP contribution in [0.5, 0.6) is 0 Å². The lowest BCUT2D eigenvalue weighted by atomic mass is 10.1. The van der Waals surface area contributed by atoms with Crippen molar-refractivity contribution >= 4 is 24.2 Å². The molecule has 0 bridgehead atoms. The molecule has 2 aromatic rings. The highest BCUT2D eigenvalue weighted by Crippen LogP contribution is 2.26. The highest BCUT2D eigenvalue weighted by Gasteiger charge is 2.29. The van der Waals surface area contributed by atoms with Crippen LogP contribution in [0.1, 0.15) is 6.42 Å². The number of aromatic nitrogens is 1. The van der Waals surface area contributed by atoms with Crippen molar-refractivity contribution in [3.63, 3.8) is 0 Å². The van der Waals surface area contributed by atoms with Gasteiger partial charge in [0.2, 0.25) is 5.91 Å². The third-order valence-electron chi connectivity index (χ3n) is 3.59. The Morgan fingerprint density at radius 1 is 1.20 bits per heavy atom. The number of hydrogen-bond donors (Lipinski definition) is 1. The third kappa shape index (κ3) is 2.56. The first-order chi connectivity index (χ1) is 9.78. The third-order valence-corrected chi connectivity index (χ3v) is 4.11. The summed E-state index contributed by atoms with van der Waals surface area (Å²) in [5, 5.41) is 0. The van der Waals surface area contributed by atoms with Crippen molar-refractivity contribution in [1.29, 1.82) is 0 Å². The summed E-state index contributed by atoms with van der Waals surface area (Å²) < 4.78 is 0. The molecular weight excluding hydrogens is 268 g/mol. The second-order valence-corrected chi connectivity index (χ2v) is 5.39. The van der Waals surface area contributed by atoms with E-state index in [0.29, 0.717) is 12.3 Å². The van der Waals surface area contributed by atoms with Crippen LogP contribution in [0.2, 0.25) is 0 Å². The van der Waals surface area contributed by atoms with E-state index >= 15 is 0 Å². The second kappa shape index (κ2) is 5.67. The predicted molar refractivity (Wildman–Crippen MR) is 84.0 cm³/mol. The van der Waals surface area contributed by atoms with Crippen LogP contribution in [0.3, 0.4) is 0 Å². The molecule has 1 aromatic carbocycles. The minimum Gasteiger partial charge on any atom is -0.311 e. The van der Waals surface area contributed by atoms with E-state index in [1.54, 1.807) is 6.20 Å². The zero-order valence-electron chi connectivity index (χ0n) is 11.1. The summed E-state index contributed by atoms with van der Waals surface area (Å²) in [6.45, 7) is 0.745. The van der Waals surface area contributed by atoms with Crippen molar-refractivity contribution in [2.24, 2.45) is 5.92 Å². The van der Waals surface area contributed by atoms with E-state index in [1.807, 2.05) is 47.4 Å². The van der Waals surface area contributed by atoms with Crippen molar-refractivity contribution in [3.8, 4) is 11.3 Å². The topological polar surface area (TPSA) is 33.2 Å². The summed E-state index contributed by atoms with van der Waals surface area (Å²) in [5.74, 6) is 1.26. The maximum absolute atomic E-state index is 12.0. The van der Waals surface area contributed by atoms with E-state index in [4.69, 9.17) is 0 Å². The van der Waals surface area contributed by atoms with Gasteiger partial charge in [0, 0.05) is 18.5 Å². The number of carbonyl (C=O) groups excluding carboxylic acids is 1. The Bertz CT molecular complexity index is 598. The van der Waals surface area contributed by atoms with Crippen LogP contribution < -0.4 is 4.90 Å². The van der Waals surface area contributed by atoms with Crippen molar-refractivity contribution < 1.29 is 4.79 Å². The van der Waals surface area contributed by atoms with Gasteiger partial charge in [-0.1, -0.05) is 30.3 Å². The Hall–Kier alpha value is -1.81. The molecule has 20 heavy (non-hydrogen) atoms. The fourth-order valence-electron chi connectivity index (χ4n) is 2.48. The maximum Gasteiger partial charge on any atom is 0.227 e. The molecule has 2 heterocycles. The fraction of sp³-hybridized carbons (Fsp3) is 0.250. The lowest BCUT2D eigenvalue weighted by Gasteiger charge is -2.16. The number of hydrogen-bond acceptors (Lipinski definition) is 3. The van der Waals surface area contributed by atoms with Gasteiger partial charge in [0.15, 0.2) is 0 Å². The number of thiol groups is 1. The number of carbonyl (C=O) groups is 1. The molecule has 1 atom stereocenters. The largest absolute Gasteiger partial charge is 0.311 e. The van der Waals surface area contributed by atoms with E-state index < -0.39 is 0 Å².